The van der Waals surface area contributed by atoms with E-state index in [1.165, 1.54) is 0 Å². The van der Waals surface area contributed by atoms with Gasteiger partial charge in [-0.2, -0.15) is 0 Å². The van der Waals surface area contributed by atoms with Crippen LogP contribution in [0.2, 0.25) is 0 Å². The summed E-state index contributed by atoms with van der Waals surface area (Å²) < 4.78 is 7.02. The number of benzene rings is 1. The van der Waals surface area contributed by atoms with E-state index in [-0.39, 0.29) is 11.7 Å². The molecule has 0 saturated heterocycles. The fourth-order valence-electron chi connectivity index (χ4n) is 2.10. The molecule has 96 valence electrons. The fourth-order valence-corrected chi connectivity index (χ4v) is 2.10. The number of pyridine rings is 1. The molecule has 0 bridgehead atoms. The molecule has 4 heteroatoms. The second kappa shape index (κ2) is 5.23. The van der Waals surface area contributed by atoms with Crippen molar-refractivity contribution in [2.45, 2.75) is 26.5 Å². The van der Waals surface area contributed by atoms with E-state index >= 15 is 0 Å². The lowest BCUT2D eigenvalue weighted by atomic mass is 10.1. The van der Waals surface area contributed by atoms with Gasteiger partial charge in [0.15, 0.2) is 0 Å². The molecule has 1 aromatic carbocycles. The van der Waals surface area contributed by atoms with Gasteiger partial charge >= 0.3 is 0 Å². The summed E-state index contributed by atoms with van der Waals surface area (Å²) in [6, 6.07) is 9.29. The van der Waals surface area contributed by atoms with Crippen molar-refractivity contribution in [2.75, 3.05) is 12.3 Å². The first-order valence-corrected chi connectivity index (χ1v) is 6.13. The van der Waals surface area contributed by atoms with Crippen molar-refractivity contribution < 1.29 is 4.74 Å². The molecule has 1 aromatic heterocycles. The Balaban J connectivity index is 2.47. The first kappa shape index (κ1) is 12.6. The van der Waals surface area contributed by atoms with Gasteiger partial charge < -0.3 is 10.5 Å². The molecule has 0 fully saturated rings. The zero-order valence-electron chi connectivity index (χ0n) is 10.7. The second-order valence-electron chi connectivity index (χ2n) is 4.34. The van der Waals surface area contributed by atoms with Crippen molar-refractivity contribution in [3.05, 3.63) is 40.7 Å². The molecule has 0 aliphatic carbocycles. The largest absolute Gasteiger partial charge is 0.385 e. The Labute approximate surface area is 106 Å². The standard InChI is InChI=1S/C14H18N2O2/c1-3-18-10(2)9-16-13(15)8-11-6-4-5-7-12(11)14(16)17/h4-8,10H,3,9,15H2,1-2H3. The van der Waals surface area contributed by atoms with Gasteiger partial charge in [0.1, 0.15) is 5.82 Å². The lowest BCUT2D eigenvalue weighted by Crippen LogP contribution is -2.28. The fraction of sp³-hybridized carbons (Fsp3) is 0.357. The molecule has 4 nitrogen and oxygen atoms in total. The van der Waals surface area contributed by atoms with Gasteiger partial charge in [-0.1, -0.05) is 18.2 Å². The second-order valence-corrected chi connectivity index (χ2v) is 4.34. The number of nitrogens with two attached hydrogens (primary N) is 1. The summed E-state index contributed by atoms with van der Waals surface area (Å²) >= 11 is 0. The van der Waals surface area contributed by atoms with Crippen molar-refractivity contribution in [1.29, 1.82) is 0 Å². The summed E-state index contributed by atoms with van der Waals surface area (Å²) in [6.07, 6.45) is -0.0313. The number of fused-ring (bicyclic) bond motifs is 1. The lowest BCUT2D eigenvalue weighted by molar-refractivity contribution is 0.0638. The molecule has 0 spiro atoms. The first-order chi connectivity index (χ1) is 8.63. The van der Waals surface area contributed by atoms with Crippen LogP contribution in [-0.4, -0.2) is 17.3 Å². The van der Waals surface area contributed by atoms with E-state index < -0.39 is 0 Å². The van der Waals surface area contributed by atoms with Gasteiger partial charge in [-0.05, 0) is 31.4 Å². The Morgan fingerprint density at radius 2 is 2.11 bits per heavy atom. The van der Waals surface area contributed by atoms with Crippen LogP contribution in [0.15, 0.2) is 35.1 Å². The van der Waals surface area contributed by atoms with Gasteiger partial charge in [0.2, 0.25) is 0 Å². The van der Waals surface area contributed by atoms with E-state index in [2.05, 4.69) is 0 Å². The minimum atomic E-state index is -0.0582. The van der Waals surface area contributed by atoms with E-state index in [1.807, 2.05) is 44.2 Å². The minimum absolute atomic E-state index is 0.0313. The molecule has 0 amide bonds. The molecule has 1 atom stereocenters. The zero-order valence-corrected chi connectivity index (χ0v) is 10.7. The van der Waals surface area contributed by atoms with Gasteiger partial charge in [-0.15, -0.1) is 0 Å². The van der Waals surface area contributed by atoms with Gasteiger partial charge in [-0.25, -0.2) is 0 Å². The van der Waals surface area contributed by atoms with Crippen molar-refractivity contribution in [1.82, 2.24) is 4.57 Å². The van der Waals surface area contributed by atoms with Crippen molar-refractivity contribution in [2.24, 2.45) is 0 Å². The smallest absolute Gasteiger partial charge is 0.260 e. The summed E-state index contributed by atoms with van der Waals surface area (Å²) in [5, 5.41) is 1.57. The zero-order chi connectivity index (χ0) is 13.1. The highest BCUT2D eigenvalue weighted by molar-refractivity contribution is 5.83. The van der Waals surface area contributed by atoms with Gasteiger partial charge in [0, 0.05) is 12.0 Å². The SMILES string of the molecule is CCOC(C)Cn1c(N)cc2ccccc2c1=O. The predicted octanol–water partition coefficient (Wildman–Crippen LogP) is 2.01. The Kier molecular flexibility index (Phi) is 3.67. The van der Waals surface area contributed by atoms with Crippen LogP contribution in [0.1, 0.15) is 13.8 Å². The molecule has 0 aliphatic rings. The Morgan fingerprint density at radius 1 is 1.39 bits per heavy atom. The molecule has 18 heavy (non-hydrogen) atoms. The van der Waals surface area contributed by atoms with Crippen LogP contribution < -0.4 is 11.3 Å². The molecule has 0 saturated carbocycles. The number of nitrogen functional groups attached to an aromatic ring is 1. The summed E-state index contributed by atoms with van der Waals surface area (Å²) in [7, 11) is 0. The molecule has 1 unspecified atom stereocenters. The number of ether oxygens (including phenoxy) is 1. The van der Waals surface area contributed by atoms with Crippen LogP contribution in [0.5, 0.6) is 0 Å². The van der Waals surface area contributed by atoms with E-state index in [1.54, 1.807) is 4.57 Å². The normalized spacial score (nSPS) is 12.8. The van der Waals surface area contributed by atoms with Crippen LogP contribution in [0.25, 0.3) is 10.8 Å². The van der Waals surface area contributed by atoms with Gasteiger partial charge in [0.05, 0.1) is 12.6 Å². The Hall–Kier alpha value is -1.81. The van der Waals surface area contributed by atoms with Gasteiger partial charge in [0.25, 0.3) is 5.56 Å². The third-order valence-electron chi connectivity index (χ3n) is 2.94. The average molecular weight is 246 g/mol. The van der Waals surface area contributed by atoms with E-state index in [0.717, 1.165) is 5.39 Å². The lowest BCUT2D eigenvalue weighted by Gasteiger charge is -2.16. The van der Waals surface area contributed by atoms with Crippen LogP contribution in [0, 0.1) is 0 Å². The van der Waals surface area contributed by atoms with E-state index in [9.17, 15) is 4.79 Å². The summed E-state index contributed by atoms with van der Waals surface area (Å²) in [4.78, 5) is 12.3. The maximum absolute atomic E-state index is 12.3. The van der Waals surface area contributed by atoms with Crippen molar-refractivity contribution >= 4 is 16.6 Å². The van der Waals surface area contributed by atoms with Crippen LogP contribution in [0.3, 0.4) is 0 Å². The average Bonchev–Trinajstić information content (AvgIpc) is 2.35. The monoisotopic (exact) mass is 246 g/mol. The first-order valence-electron chi connectivity index (χ1n) is 6.13. The molecule has 2 rings (SSSR count). The maximum Gasteiger partial charge on any atom is 0.260 e. The van der Waals surface area contributed by atoms with E-state index in [0.29, 0.717) is 24.4 Å². The summed E-state index contributed by atoms with van der Waals surface area (Å²) in [5.41, 5.74) is 5.88. The van der Waals surface area contributed by atoms with Crippen molar-refractivity contribution in [3.8, 4) is 0 Å². The molecule has 2 N–H and O–H groups in total. The molecule has 0 aliphatic heterocycles. The molecule has 1 heterocycles. The molecular weight excluding hydrogens is 228 g/mol. The quantitative estimate of drug-likeness (QED) is 0.897. The number of hydrogen-bond donors (Lipinski definition) is 1. The number of anilines is 1. The number of hydrogen-bond acceptors (Lipinski definition) is 3. The molecular formula is C14H18N2O2. The van der Waals surface area contributed by atoms with Crippen LogP contribution in [0.4, 0.5) is 5.82 Å². The third-order valence-corrected chi connectivity index (χ3v) is 2.94. The summed E-state index contributed by atoms with van der Waals surface area (Å²) in [6.45, 7) is 4.97. The van der Waals surface area contributed by atoms with Crippen LogP contribution >= 0.6 is 0 Å². The molecule has 0 radical (unpaired) electrons. The topological polar surface area (TPSA) is 57.2 Å². The highest BCUT2D eigenvalue weighted by Crippen LogP contribution is 2.13. The highest BCUT2D eigenvalue weighted by atomic mass is 16.5. The van der Waals surface area contributed by atoms with Gasteiger partial charge in [-0.3, -0.25) is 9.36 Å². The van der Waals surface area contributed by atoms with Crippen molar-refractivity contribution in [3.63, 3.8) is 0 Å². The maximum atomic E-state index is 12.3. The Bertz CT molecular complexity index is 604. The minimum Gasteiger partial charge on any atom is -0.385 e. The molecule has 2 aromatic rings. The number of rotatable bonds is 4. The van der Waals surface area contributed by atoms with Crippen LogP contribution in [-0.2, 0) is 11.3 Å². The third kappa shape index (κ3) is 2.38. The predicted molar refractivity (Wildman–Crippen MR) is 73.7 cm³/mol. The number of aromatic nitrogens is 1. The Morgan fingerprint density at radius 3 is 2.83 bits per heavy atom. The number of nitrogens with zero attached hydrogens (tertiary/aromatic N) is 1. The summed E-state index contributed by atoms with van der Waals surface area (Å²) in [5.74, 6) is 0.477. The van der Waals surface area contributed by atoms with E-state index in [4.69, 9.17) is 10.5 Å². The highest BCUT2D eigenvalue weighted by Gasteiger charge is 2.10.